The molecule has 1 atom stereocenters. The lowest BCUT2D eigenvalue weighted by Crippen LogP contribution is -2.39. The molecule has 0 spiro atoms. The standard InChI is InChI=1S/C15H23FN4O/c1-4-17-14-13(8-11(16)9-18-14)15(21)20(3)10-12-6-5-7-19(12)2/h8-9,12H,4-7,10H2,1-3H3,(H,17,18). The predicted octanol–water partition coefficient (Wildman–Crippen LogP) is 1.82. The first-order valence-electron chi connectivity index (χ1n) is 7.38. The summed E-state index contributed by atoms with van der Waals surface area (Å²) in [7, 11) is 3.83. The number of hydrogen-bond donors (Lipinski definition) is 1. The predicted molar refractivity (Wildman–Crippen MR) is 81.0 cm³/mol. The number of pyridine rings is 1. The number of rotatable bonds is 5. The molecule has 21 heavy (non-hydrogen) atoms. The molecule has 0 aliphatic carbocycles. The van der Waals surface area contributed by atoms with E-state index in [2.05, 4.69) is 22.2 Å². The summed E-state index contributed by atoms with van der Waals surface area (Å²) in [6.45, 7) is 4.26. The Bertz CT molecular complexity index is 508. The number of likely N-dealkylation sites (tertiary alicyclic amines) is 1. The molecular weight excluding hydrogens is 271 g/mol. The normalized spacial score (nSPS) is 18.8. The van der Waals surface area contributed by atoms with Gasteiger partial charge in [0.05, 0.1) is 11.8 Å². The summed E-state index contributed by atoms with van der Waals surface area (Å²) in [5, 5.41) is 3.01. The first-order valence-corrected chi connectivity index (χ1v) is 7.38. The molecule has 1 aliphatic heterocycles. The second-order valence-corrected chi connectivity index (χ2v) is 5.54. The van der Waals surface area contributed by atoms with E-state index in [1.165, 1.54) is 6.07 Å². The molecular formula is C15H23FN4O. The first-order chi connectivity index (χ1) is 10.0. The fourth-order valence-corrected chi connectivity index (χ4v) is 2.73. The number of nitrogens with one attached hydrogen (secondary N) is 1. The van der Waals surface area contributed by atoms with Crippen molar-refractivity contribution in [1.82, 2.24) is 14.8 Å². The SMILES string of the molecule is CCNc1ncc(F)cc1C(=O)N(C)CC1CCCN1C. The van der Waals surface area contributed by atoms with Crippen molar-refractivity contribution in [2.45, 2.75) is 25.8 Å². The molecule has 1 unspecified atom stereocenters. The van der Waals surface area contributed by atoms with Crippen molar-refractivity contribution in [3.8, 4) is 0 Å². The Morgan fingerprint density at radius 2 is 2.38 bits per heavy atom. The van der Waals surface area contributed by atoms with Gasteiger partial charge in [0.25, 0.3) is 5.91 Å². The minimum Gasteiger partial charge on any atom is -0.370 e. The number of amides is 1. The Labute approximate surface area is 125 Å². The van der Waals surface area contributed by atoms with Gasteiger partial charge in [-0.05, 0) is 39.4 Å². The Kier molecular flexibility index (Phi) is 5.12. The lowest BCUT2D eigenvalue weighted by Gasteiger charge is -2.26. The zero-order valence-corrected chi connectivity index (χ0v) is 12.9. The van der Waals surface area contributed by atoms with E-state index in [9.17, 15) is 9.18 Å². The minimum atomic E-state index is -0.494. The van der Waals surface area contributed by atoms with E-state index in [4.69, 9.17) is 0 Å². The number of hydrogen-bond acceptors (Lipinski definition) is 4. The number of carbonyl (C=O) groups excluding carboxylic acids is 1. The number of likely N-dealkylation sites (N-methyl/N-ethyl adjacent to an activating group) is 2. The van der Waals surface area contributed by atoms with Gasteiger partial charge in [0.15, 0.2) is 0 Å². The second kappa shape index (κ2) is 6.85. The molecule has 1 fully saturated rings. The van der Waals surface area contributed by atoms with Crippen molar-refractivity contribution in [2.24, 2.45) is 0 Å². The molecule has 0 aromatic carbocycles. The largest absolute Gasteiger partial charge is 0.370 e. The third-order valence-corrected chi connectivity index (χ3v) is 3.93. The Balaban J connectivity index is 2.12. The molecule has 6 heteroatoms. The summed E-state index contributed by atoms with van der Waals surface area (Å²) < 4.78 is 13.4. The van der Waals surface area contributed by atoms with Crippen LogP contribution in [0, 0.1) is 5.82 Å². The van der Waals surface area contributed by atoms with Crippen LogP contribution in [0.4, 0.5) is 10.2 Å². The van der Waals surface area contributed by atoms with E-state index >= 15 is 0 Å². The van der Waals surface area contributed by atoms with Crippen molar-refractivity contribution < 1.29 is 9.18 Å². The van der Waals surface area contributed by atoms with Gasteiger partial charge in [-0.1, -0.05) is 0 Å². The highest BCUT2D eigenvalue weighted by Crippen LogP contribution is 2.19. The van der Waals surface area contributed by atoms with Gasteiger partial charge in [-0.3, -0.25) is 4.79 Å². The van der Waals surface area contributed by atoms with Gasteiger partial charge in [0.1, 0.15) is 11.6 Å². The summed E-state index contributed by atoms with van der Waals surface area (Å²) in [4.78, 5) is 20.4. The molecule has 2 rings (SSSR count). The van der Waals surface area contributed by atoms with Gasteiger partial charge >= 0.3 is 0 Å². The molecule has 1 amide bonds. The highest BCUT2D eigenvalue weighted by Gasteiger charge is 2.25. The third-order valence-electron chi connectivity index (χ3n) is 3.93. The molecule has 0 saturated carbocycles. The van der Waals surface area contributed by atoms with Gasteiger partial charge in [0.2, 0.25) is 0 Å². The van der Waals surface area contributed by atoms with Crippen molar-refractivity contribution >= 4 is 11.7 Å². The van der Waals surface area contributed by atoms with Crippen molar-refractivity contribution in [3.63, 3.8) is 0 Å². The van der Waals surface area contributed by atoms with E-state index in [1.807, 2.05) is 6.92 Å². The molecule has 1 aromatic rings. The van der Waals surface area contributed by atoms with Gasteiger partial charge in [-0.2, -0.15) is 0 Å². The topological polar surface area (TPSA) is 48.5 Å². The molecule has 1 aromatic heterocycles. The van der Waals surface area contributed by atoms with Crippen LogP contribution in [0.2, 0.25) is 0 Å². The average Bonchev–Trinajstić information content (AvgIpc) is 2.85. The van der Waals surface area contributed by atoms with Gasteiger partial charge in [-0.25, -0.2) is 9.37 Å². The van der Waals surface area contributed by atoms with Gasteiger partial charge < -0.3 is 15.1 Å². The third kappa shape index (κ3) is 3.69. The van der Waals surface area contributed by atoms with Crippen LogP contribution in [0.3, 0.4) is 0 Å². The van der Waals surface area contributed by atoms with Crippen molar-refractivity contribution in [2.75, 3.05) is 39.0 Å². The van der Waals surface area contributed by atoms with Crippen molar-refractivity contribution in [3.05, 3.63) is 23.6 Å². The minimum absolute atomic E-state index is 0.196. The smallest absolute Gasteiger partial charge is 0.257 e. The number of anilines is 1. The summed E-state index contributed by atoms with van der Waals surface area (Å²) in [5.41, 5.74) is 0.292. The lowest BCUT2D eigenvalue weighted by molar-refractivity contribution is 0.0761. The Morgan fingerprint density at radius 1 is 1.62 bits per heavy atom. The molecule has 0 radical (unpaired) electrons. The molecule has 1 saturated heterocycles. The van der Waals surface area contributed by atoms with E-state index in [1.54, 1.807) is 11.9 Å². The molecule has 0 bridgehead atoms. The molecule has 116 valence electrons. The average molecular weight is 294 g/mol. The zero-order valence-electron chi connectivity index (χ0n) is 12.9. The maximum atomic E-state index is 13.4. The Morgan fingerprint density at radius 3 is 3.00 bits per heavy atom. The van der Waals surface area contributed by atoms with Crippen LogP contribution in [0.1, 0.15) is 30.1 Å². The number of halogens is 1. The highest BCUT2D eigenvalue weighted by molar-refractivity contribution is 5.98. The Hall–Kier alpha value is -1.69. The maximum absolute atomic E-state index is 13.4. The van der Waals surface area contributed by atoms with E-state index < -0.39 is 5.82 Å². The summed E-state index contributed by atoms with van der Waals surface area (Å²) in [5.74, 6) is -0.250. The quantitative estimate of drug-likeness (QED) is 0.900. The molecule has 1 N–H and O–H groups in total. The van der Waals surface area contributed by atoms with E-state index in [0.717, 1.165) is 25.6 Å². The maximum Gasteiger partial charge on any atom is 0.257 e. The zero-order chi connectivity index (χ0) is 15.4. The second-order valence-electron chi connectivity index (χ2n) is 5.54. The van der Waals surface area contributed by atoms with Crippen LogP contribution < -0.4 is 5.32 Å². The van der Waals surface area contributed by atoms with Gasteiger partial charge in [0, 0.05) is 26.2 Å². The fourth-order valence-electron chi connectivity index (χ4n) is 2.73. The van der Waals surface area contributed by atoms with Crippen LogP contribution >= 0.6 is 0 Å². The monoisotopic (exact) mass is 294 g/mol. The molecule has 1 aliphatic rings. The lowest BCUT2D eigenvalue weighted by atomic mass is 10.1. The van der Waals surface area contributed by atoms with Crippen LogP contribution in [0.15, 0.2) is 12.3 Å². The number of carbonyl (C=O) groups is 1. The fraction of sp³-hybridized carbons (Fsp3) is 0.600. The van der Waals surface area contributed by atoms with E-state index in [0.29, 0.717) is 30.5 Å². The summed E-state index contributed by atoms with van der Waals surface area (Å²) in [6.07, 6.45) is 3.38. The van der Waals surface area contributed by atoms with Crippen LogP contribution in [0.5, 0.6) is 0 Å². The van der Waals surface area contributed by atoms with Crippen LogP contribution in [0.25, 0.3) is 0 Å². The molecule has 2 heterocycles. The van der Waals surface area contributed by atoms with Crippen LogP contribution in [-0.4, -0.2) is 60.5 Å². The number of nitrogens with zero attached hydrogens (tertiary/aromatic N) is 3. The van der Waals surface area contributed by atoms with Gasteiger partial charge in [-0.15, -0.1) is 0 Å². The van der Waals surface area contributed by atoms with E-state index in [-0.39, 0.29) is 5.91 Å². The number of aromatic nitrogens is 1. The van der Waals surface area contributed by atoms with Crippen molar-refractivity contribution in [1.29, 1.82) is 0 Å². The van der Waals surface area contributed by atoms with Crippen LogP contribution in [-0.2, 0) is 0 Å². The first kappa shape index (κ1) is 15.7. The summed E-state index contributed by atoms with van der Waals surface area (Å²) in [6, 6.07) is 1.63. The highest BCUT2D eigenvalue weighted by atomic mass is 19.1. The molecule has 5 nitrogen and oxygen atoms in total. The summed E-state index contributed by atoms with van der Waals surface area (Å²) >= 11 is 0.